The van der Waals surface area contributed by atoms with Gasteiger partial charge in [0.2, 0.25) is 15.9 Å². The number of hydrogen-bond acceptors (Lipinski definition) is 7. The van der Waals surface area contributed by atoms with Crippen LogP contribution in [0.3, 0.4) is 0 Å². The van der Waals surface area contributed by atoms with E-state index >= 15 is 0 Å². The summed E-state index contributed by atoms with van der Waals surface area (Å²) < 4.78 is 39.7. The van der Waals surface area contributed by atoms with Crippen molar-refractivity contribution in [3.8, 4) is 11.8 Å². The predicted molar refractivity (Wildman–Crippen MR) is 166 cm³/mol. The molecule has 0 aromatic heterocycles. The van der Waals surface area contributed by atoms with Crippen LogP contribution in [0.5, 0.6) is 0 Å². The summed E-state index contributed by atoms with van der Waals surface area (Å²) in [6, 6.07) is 12.4. The van der Waals surface area contributed by atoms with Gasteiger partial charge in [-0.2, -0.15) is 0 Å². The molecular weight excluding hydrogens is 566 g/mol. The molecule has 2 aromatic rings. The zero-order chi connectivity index (χ0) is 31.0. The molecule has 0 spiro atoms. The number of sulfonamides is 1. The topological polar surface area (TPSA) is 114 Å². The monoisotopic (exact) mass is 609 g/mol. The van der Waals surface area contributed by atoms with Crippen molar-refractivity contribution in [1.82, 2.24) is 9.62 Å². The van der Waals surface area contributed by atoms with Gasteiger partial charge in [0, 0.05) is 43.1 Å². The van der Waals surface area contributed by atoms with Crippen molar-refractivity contribution >= 4 is 27.6 Å². The van der Waals surface area contributed by atoms with Crippen molar-refractivity contribution in [3.05, 3.63) is 59.2 Å². The highest BCUT2D eigenvalue weighted by Crippen LogP contribution is 2.30. The molecular formula is C33H43N3O6S. The quantitative estimate of drug-likeness (QED) is 0.327. The summed E-state index contributed by atoms with van der Waals surface area (Å²) in [5.74, 6) is 6.43. The summed E-state index contributed by atoms with van der Waals surface area (Å²) >= 11 is 0. The van der Waals surface area contributed by atoms with E-state index in [0.717, 1.165) is 11.1 Å². The van der Waals surface area contributed by atoms with E-state index in [4.69, 9.17) is 4.74 Å². The third-order valence-corrected chi connectivity index (χ3v) is 9.85. The van der Waals surface area contributed by atoms with E-state index in [0.29, 0.717) is 75.5 Å². The van der Waals surface area contributed by atoms with E-state index in [1.165, 1.54) is 7.11 Å². The molecule has 1 atom stereocenters. The number of nitrogens with zero attached hydrogens (tertiary/aromatic N) is 1. The molecule has 1 amide bonds. The van der Waals surface area contributed by atoms with Gasteiger partial charge in [0.25, 0.3) is 0 Å². The van der Waals surface area contributed by atoms with E-state index < -0.39 is 10.0 Å². The van der Waals surface area contributed by atoms with Crippen LogP contribution >= 0.6 is 0 Å². The normalized spacial score (nSPS) is 20.7. The molecule has 2 aromatic carbocycles. The van der Waals surface area contributed by atoms with Crippen LogP contribution in [0.1, 0.15) is 62.6 Å². The van der Waals surface area contributed by atoms with Crippen LogP contribution in [0.25, 0.3) is 0 Å². The minimum Gasteiger partial charge on any atom is -0.469 e. The highest BCUT2D eigenvalue weighted by molar-refractivity contribution is 7.89. The summed E-state index contributed by atoms with van der Waals surface area (Å²) in [7, 11) is -0.644. The SMILES string of the molecule is CNc1cc(S(=O)(=O)NC2CCC(C(=O)N3CCOCC3C(C)C)CC2)ccc1C#Cc1ccc(CCC(=O)OC)cc1. The Kier molecular flexibility index (Phi) is 11.2. The molecule has 2 aliphatic rings. The molecule has 9 nitrogen and oxygen atoms in total. The van der Waals surface area contributed by atoms with Crippen LogP contribution in [-0.4, -0.2) is 71.2 Å². The van der Waals surface area contributed by atoms with Crippen LogP contribution in [0.2, 0.25) is 0 Å². The number of esters is 1. The molecule has 1 saturated carbocycles. The Labute approximate surface area is 255 Å². The summed E-state index contributed by atoms with van der Waals surface area (Å²) in [5.41, 5.74) is 3.12. The Bertz CT molecular complexity index is 1440. The number of carbonyl (C=O) groups is 2. The van der Waals surface area contributed by atoms with Crippen LogP contribution in [0.4, 0.5) is 5.69 Å². The molecule has 1 unspecified atom stereocenters. The number of rotatable bonds is 9. The highest BCUT2D eigenvalue weighted by Gasteiger charge is 2.36. The first kappa shape index (κ1) is 32.5. The van der Waals surface area contributed by atoms with Gasteiger partial charge < -0.3 is 19.7 Å². The largest absolute Gasteiger partial charge is 0.469 e. The van der Waals surface area contributed by atoms with Gasteiger partial charge in [-0.1, -0.05) is 37.8 Å². The van der Waals surface area contributed by atoms with Crippen molar-refractivity contribution in [3.63, 3.8) is 0 Å². The second kappa shape index (κ2) is 14.9. The average molecular weight is 610 g/mol. The molecule has 2 N–H and O–H groups in total. The molecule has 1 heterocycles. The van der Waals surface area contributed by atoms with Gasteiger partial charge >= 0.3 is 5.97 Å². The van der Waals surface area contributed by atoms with Gasteiger partial charge in [0.1, 0.15) is 0 Å². The van der Waals surface area contributed by atoms with E-state index in [1.807, 2.05) is 29.2 Å². The molecule has 232 valence electrons. The summed E-state index contributed by atoms with van der Waals surface area (Å²) in [6.07, 6.45) is 3.49. The fourth-order valence-corrected chi connectivity index (χ4v) is 7.01. The number of hydrogen-bond donors (Lipinski definition) is 2. The zero-order valence-electron chi connectivity index (χ0n) is 25.5. The fourth-order valence-electron chi connectivity index (χ4n) is 5.68. The molecule has 1 aliphatic carbocycles. The van der Waals surface area contributed by atoms with Gasteiger partial charge in [-0.15, -0.1) is 0 Å². The maximum absolute atomic E-state index is 13.3. The van der Waals surface area contributed by atoms with E-state index in [-0.39, 0.29) is 34.8 Å². The lowest BCUT2D eigenvalue weighted by molar-refractivity contribution is -0.147. The third kappa shape index (κ3) is 8.59. The summed E-state index contributed by atoms with van der Waals surface area (Å²) in [5, 5.41) is 3.06. The van der Waals surface area contributed by atoms with Crippen LogP contribution in [-0.2, 0) is 35.5 Å². The first-order chi connectivity index (χ1) is 20.6. The van der Waals surface area contributed by atoms with E-state index in [2.05, 4.69) is 40.5 Å². The third-order valence-electron chi connectivity index (χ3n) is 8.33. The van der Waals surface area contributed by atoms with Crippen molar-refractivity contribution in [2.75, 3.05) is 39.2 Å². The fraction of sp³-hybridized carbons (Fsp3) is 0.515. The van der Waals surface area contributed by atoms with Crippen molar-refractivity contribution in [1.29, 1.82) is 0 Å². The molecule has 0 bridgehead atoms. The second-order valence-electron chi connectivity index (χ2n) is 11.6. The molecule has 0 radical (unpaired) electrons. The molecule has 1 aliphatic heterocycles. The highest BCUT2D eigenvalue weighted by atomic mass is 32.2. The van der Waals surface area contributed by atoms with Crippen LogP contribution in [0.15, 0.2) is 47.4 Å². The van der Waals surface area contributed by atoms with Gasteiger partial charge in [-0.25, -0.2) is 13.1 Å². The molecule has 1 saturated heterocycles. The van der Waals surface area contributed by atoms with Crippen molar-refractivity contribution < 1.29 is 27.5 Å². The number of aryl methyl sites for hydroxylation is 1. The number of morpholine rings is 1. The molecule has 2 fully saturated rings. The van der Waals surface area contributed by atoms with Gasteiger partial charge in [0.15, 0.2) is 0 Å². The Morgan fingerprint density at radius 3 is 2.44 bits per heavy atom. The summed E-state index contributed by atoms with van der Waals surface area (Å²) in [6.45, 7) is 5.98. The smallest absolute Gasteiger partial charge is 0.305 e. The Balaban J connectivity index is 1.35. The van der Waals surface area contributed by atoms with Gasteiger partial charge in [-0.05, 0) is 73.9 Å². The van der Waals surface area contributed by atoms with Crippen molar-refractivity contribution in [2.24, 2.45) is 11.8 Å². The number of benzene rings is 2. The average Bonchev–Trinajstić information content (AvgIpc) is 3.02. The minimum atomic E-state index is -3.76. The predicted octanol–water partition coefficient (Wildman–Crippen LogP) is 3.95. The molecule has 4 rings (SSSR count). The van der Waals surface area contributed by atoms with Crippen LogP contribution < -0.4 is 10.0 Å². The Hall–Kier alpha value is -3.39. The Morgan fingerprint density at radius 2 is 1.79 bits per heavy atom. The number of nitrogens with one attached hydrogen (secondary N) is 2. The first-order valence-electron chi connectivity index (χ1n) is 15.0. The van der Waals surface area contributed by atoms with Crippen molar-refractivity contribution in [2.45, 2.75) is 69.4 Å². The number of ether oxygens (including phenoxy) is 2. The number of anilines is 1. The first-order valence-corrected chi connectivity index (χ1v) is 16.5. The van der Waals surface area contributed by atoms with Gasteiger partial charge in [0.05, 0.1) is 36.9 Å². The second-order valence-corrected chi connectivity index (χ2v) is 13.3. The lowest BCUT2D eigenvalue weighted by Gasteiger charge is -2.41. The van der Waals surface area contributed by atoms with Gasteiger partial charge in [-0.3, -0.25) is 9.59 Å². The molecule has 10 heteroatoms. The van der Waals surface area contributed by atoms with E-state index in [9.17, 15) is 18.0 Å². The zero-order valence-corrected chi connectivity index (χ0v) is 26.3. The minimum absolute atomic E-state index is 0.0788. The Morgan fingerprint density at radius 1 is 1.07 bits per heavy atom. The summed E-state index contributed by atoms with van der Waals surface area (Å²) in [4.78, 5) is 26.8. The standard InChI is InChI=1S/C33H43N3O6S/c1-23(2)31-22-42-20-19-36(31)33(38)27-12-15-28(16-13-27)35-43(39,40)29-17-14-26(30(21-29)34-3)11-9-24-5-7-25(8-6-24)10-18-32(37)41-4/h5-8,14,17,21,23,27-28,31,34-35H,10,12-13,15-16,18-20,22H2,1-4H3. The number of carbonyl (C=O) groups excluding carboxylic acids is 2. The maximum Gasteiger partial charge on any atom is 0.305 e. The lowest BCUT2D eigenvalue weighted by atomic mass is 9.85. The number of methoxy groups -OCH3 is 1. The van der Waals surface area contributed by atoms with E-state index in [1.54, 1.807) is 25.2 Å². The maximum atomic E-state index is 13.3. The molecule has 43 heavy (non-hydrogen) atoms. The number of amides is 1. The van der Waals surface area contributed by atoms with Crippen LogP contribution in [0, 0.1) is 23.7 Å². The lowest BCUT2D eigenvalue weighted by Crippen LogP contribution is -2.53.